The van der Waals surface area contributed by atoms with Crippen molar-refractivity contribution in [3.05, 3.63) is 29.3 Å². The van der Waals surface area contributed by atoms with Crippen molar-refractivity contribution in [3.63, 3.8) is 0 Å². The molecular formula is C10H12F2N2. The highest BCUT2D eigenvalue weighted by molar-refractivity contribution is 5.61. The lowest BCUT2D eigenvalue weighted by molar-refractivity contribution is 0.466. The van der Waals surface area contributed by atoms with Gasteiger partial charge in [-0.2, -0.15) is 0 Å². The lowest BCUT2D eigenvalue weighted by Gasteiger charge is -2.18. The molecule has 1 aliphatic rings. The van der Waals surface area contributed by atoms with Crippen LogP contribution in [0.1, 0.15) is 19.4 Å². The minimum atomic E-state index is -0.813. The first-order valence-corrected chi connectivity index (χ1v) is 4.44. The first-order chi connectivity index (χ1) is 6.43. The zero-order valence-electron chi connectivity index (χ0n) is 8.14. The monoisotopic (exact) mass is 198 g/mol. The molecule has 14 heavy (non-hydrogen) atoms. The molecule has 1 aliphatic heterocycles. The molecule has 4 heteroatoms. The number of nitrogens with zero attached hydrogens (tertiary/aromatic N) is 1. The zero-order chi connectivity index (χ0) is 10.5. The van der Waals surface area contributed by atoms with Gasteiger partial charge in [0, 0.05) is 17.5 Å². The van der Waals surface area contributed by atoms with Crippen molar-refractivity contribution in [2.24, 2.45) is 5.84 Å². The summed E-state index contributed by atoms with van der Waals surface area (Å²) in [7, 11) is 0. The smallest absolute Gasteiger partial charge is 0.164 e. The van der Waals surface area contributed by atoms with Crippen LogP contribution in [0, 0.1) is 11.6 Å². The Labute approximate surface area is 81.3 Å². The van der Waals surface area contributed by atoms with Gasteiger partial charge in [-0.1, -0.05) is 13.8 Å². The van der Waals surface area contributed by atoms with E-state index in [4.69, 9.17) is 5.84 Å². The van der Waals surface area contributed by atoms with E-state index in [0.29, 0.717) is 17.8 Å². The summed E-state index contributed by atoms with van der Waals surface area (Å²) >= 11 is 0. The first-order valence-electron chi connectivity index (χ1n) is 4.44. The second kappa shape index (κ2) is 2.67. The predicted octanol–water partition coefficient (Wildman–Crippen LogP) is 1.94. The summed E-state index contributed by atoms with van der Waals surface area (Å²) in [4.78, 5) is 0. The molecular weight excluding hydrogens is 186 g/mol. The standard InChI is InChI=1S/C10H12F2N2/c1-10(2)5-14(13)7-4-3-6(11)9(12)8(7)10/h3-4H,5,13H2,1-2H3. The van der Waals surface area contributed by atoms with Crippen LogP contribution in [0.15, 0.2) is 12.1 Å². The number of nitrogens with two attached hydrogens (primary N) is 1. The van der Waals surface area contributed by atoms with E-state index in [1.807, 2.05) is 13.8 Å². The van der Waals surface area contributed by atoms with E-state index in [0.717, 1.165) is 6.07 Å². The van der Waals surface area contributed by atoms with Crippen LogP contribution in [-0.4, -0.2) is 6.54 Å². The second-order valence-corrected chi connectivity index (χ2v) is 4.27. The van der Waals surface area contributed by atoms with Gasteiger partial charge in [0.25, 0.3) is 0 Å². The van der Waals surface area contributed by atoms with Gasteiger partial charge in [-0.3, -0.25) is 0 Å². The fraction of sp³-hybridized carbons (Fsp3) is 0.400. The molecule has 1 aromatic rings. The summed E-state index contributed by atoms with van der Waals surface area (Å²) in [6, 6.07) is 2.62. The third kappa shape index (κ3) is 1.10. The molecule has 0 saturated heterocycles. The van der Waals surface area contributed by atoms with Crippen LogP contribution >= 0.6 is 0 Å². The molecule has 1 heterocycles. The third-order valence-electron chi connectivity index (χ3n) is 2.62. The first kappa shape index (κ1) is 9.40. The Kier molecular flexibility index (Phi) is 1.79. The summed E-state index contributed by atoms with van der Waals surface area (Å²) < 4.78 is 26.5. The van der Waals surface area contributed by atoms with Gasteiger partial charge in [-0.05, 0) is 12.1 Å². The number of fused-ring (bicyclic) bond motifs is 1. The Morgan fingerprint density at radius 1 is 1.36 bits per heavy atom. The second-order valence-electron chi connectivity index (χ2n) is 4.27. The van der Waals surface area contributed by atoms with Gasteiger partial charge in [-0.15, -0.1) is 0 Å². The highest BCUT2D eigenvalue weighted by atomic mass is 19.2. The molecule has 0 spiro atoms. The van der Waals surface area contributed by atoms with Crippen molar-refractivity contribution >= 4 is 5.69 Å². The fourth-order valence-electron chi connectivity index (χ4n) is 2.01. The molecule has 0 amide bonds. The quantitative estimate of drug-likeness (QED) is 0.645. The lowest BCUT2D eigenvalue weighted by atomic mass is 9.86. The zero-order valence-corrected chi connectivity index (χ0v) is 8.14. The summed E-state index contributed by atoms with van der Waals surface area (Å²) in [6.07, 6.45) is 0. The summed E-state index contributed by atoms with van der Waals surface area (Å²) in [5.41, 5.74) is 0.518. The summed E-state index contributed by atoms with van der Waals surface area (Å²) in [6.45, 7) is 4.20. The summed E-state index contributed by atoms with van der Waals surface area (Å²) in [5, 5.41) is 1.46. The molecule has 0 atom stereocenters. The molecule has 0 saturated carbocycles. The van der Waals surface area contributed by atoms with Crippen LogP contribution in [0.3, 0.4) is 0 Å². The van der Waals surface area contributed by atoms with Gasteiger partial charge in [0.1, 0.15) is 0 Å². The SMILES string of the molecule is CC1(C)CN(N)c2ccc(F)c(F)c21. The van der Waals surface area contributed by atoms with Crippen LogP contribution in [0.4, 0.5) is 14.5 Å². The number of halogens is 2. The van der Waals surface area contributed by atoms with E-state index < -0.39 is 17.0 Å². The molecule has 0 unspecified atom stereocenters. The Morgan fingerprint density at radius 2 is 2.00 bits per heavy atom. The molecule has 2 N–H and O–H groups in total. The third-order valence-corrected chi connectivity index (χ3v) is 2.62. The average molecular weight is 198 g/mol. The molecule has 2 nitrogen and oxygen atoms in total. The van der Waals surface area contributed by atoms with Crippen LogP contribution in [-0.2, 0) is 5.41 Å². The van der Waals surface area contributed by atoms with Crippen molar-refractivity contribution in [2.45, 2.75) is 19.3 Å². The number of rotatable bonds is 0. The molecule has 0 aliphatic carbocycles. The highest BCUT2D eigenvalue weighted by Gasteiger charge is 2.37. The molecule has 76 valence electrons. The van der Waals surface area contributed by atoms with Crippen molar-refractivity contribution in [1.82, 2.24) is 0 Å². The Bertz CT molecular complexity index is 388. The largest absolute Gasteiger partial charge is 0.310 e. The van der Waals surface area contributed by atoms with Crippen LogP contribution in [0.25, 0.3) is 0 Å². The average Bonchev–Trinajstić information content (AvgIpc) is 2.29. The topological polar surface area (TPSA) is 29.3 Å². The van der Waals surface area contributed by atoms with Crippen LogP contribution in [0.2, 0.25) is 0 Å². The van der Waals surface area contributed by atoms with Crippen LogP contribution < -0.4 is 10.9 Å². The summed E-state index contributed by atoms with van der Waals surface area (Å²) in [5.74, 6) is 4.09. The maximum absolute atomic E-state index is 13.5. The predicted molar refractivity (Wildman–Crippen MR) is 50.9 cm³/mol. The maximum Gasteiger partial charge on any atom is 0.164 e. The van der Waals surface area contributed by atoms with Crippen molar-refractivity contribution in [2.75, 3.05) is 11.6 Å². The van der Waals surface area contributed by atoms with Crippen LogP contribution in [0.5, 0.6) is 0 Å². The van der Waals surface area contributed by atoms with Crippen molar-refractivity contribution < 1.29 is 8.78 Å². The van der Waals surface area contributed by atoms with E-state index in [1.54, 1.807) is 0 Å². The van der Waals surface area contributed by atoms with Gasteiger partial charge >= 0.3 is 0 Å². The van der Waals surface area contributed by atoms with E-state index in [2.05, 4.69) is 0 Å². The normalized spacial score (nSPS) is 18.5. The van der Waals surface area contributed by atoms with E-state index >= 15 is 0 Å². The van der Waals surface area contributed by atoms with Crippen molar-refractivity contribution in [1.29, 1.82) is 0 Å². The van der Waals surface area contributed by atoms with Gasteiger partial charge in [0.2, 0.25) is 0 Å². The molecule has 0 radical (unpaired) electrons. The van der Waals surface area contributed by atoms with Gasteiger partial charge in [-0.25, -0.2) is 14.6 Å². The number of anilines is 1. The molecule has 1 aromatic carbocycles. The number of hydrogen-bond donors (Lipinski definition) is 1. The highest BCUT2D eigenvalue weighted by Crippen LogP contribution is 2.40. The maximum atomic E-state index is 13.5. The fourth-order valence-corrected chi connectivity index (χ4v) is 2.01. The van der Waals surface area contributed by atoms with E-state index in [-0.39, 0.29) is 0 Å². The Hall–Kier alpha value is -1.16. The molecule has 0 fully saturated rings. The number of hydrazine groups is 1. The minimum Gasteiger partial charge on any atom is -0.310 e. The molecule has 0 aromatic heterocycles. The Morgan fingerprint density at radius 3 is 2.64 bits per heavy atom. The van der Waals surface area contributed by atoms with Crippen molar-refractivity contribution in [3.8, 4) is 0 Å². The van der Waals surface area contributed by atoms with Gasteiger partial charge in [0.05, 0.1) is 5.69 Å². The molecule has 2 rings (SSSR count). The van der Waals surface area contributed by atoms with E-state index in [1.165, 1.54) is 11.1 Å². The number of benzene rings is 1. The van der Waals surface area contributed by atoms with E-state index in [9.17, 15) is 8.78 Å². The lowest BCUT2D eigenvalue weighted by Crippen LogP contribution is -2.33. The van der Waals surface area contributed by atoms with Gasteiger partial charge < -0.3 is 5.01 Å². The number of hydrogen-bond acceptors (Lipinski definition) is 2. The van der Waals surface area contributed by atoms with Gasteiger partial charge in [0.15, 0.2) is 11.6 Å². The minimum absolute atomic E-state index is 0.375. The molecule has 0 bridgehead atoms. The Balaban J connectivity index is 2.70.